The summed E-state index contributed by atoms with van der Waals surface area (Å²) in [6.07, 6.45) is 1.86. The summed E-state index contributed by atoms with van der Waals surface area (Å²) in [4.78, 5) is 13.0. The van der Waals surface area contributed by atoms with E-state index in [1.54, 1.807) is 37.4 Å². The predicted molar refractivity (Wildman–Crippen MR) is 84.4 cm³/mol. The molecule has 1 heterocycles. The molecule has 22 heavy (non-hydrogen) atoms. The SMILES string of the molecule is COc1ccc2c(c1)OCC(SC)(c1ccc(F)cc1)C2=O. The Labute approximate surface area is 132 Å². The monoisotopic (exact) mass is 318 g/mol. The molecule has 5 heteroatoms. The van der Waals surface area contributed by atoms with Crippen LogP contribution in [0.1, 0.15) is 15.9 Å². The lowest BCUT2D eigenvalue weighted by Crippen LogP contribution is -2.42. The van der Waals surface area contributed by atoms with Gasteiger partial charge in [-0.3, -0.25) is 4.79 Å². The fourth-order valence-corrected chi connectivity index (χ4v) is 3.45. The van der Waals surface area contributed by atoms with Crippen molar-refractivity contribution in [3.8, 4) is 11.5 Å². The molecule has 1 aliphatic rings. The minimum Gasteiger partial charge on any atom is -0.497 e. The largest absolute Gasteiger partial charge is 0.497 e. The highest BCUT2D eigenvalue weighted by atomic mass is 32.2. The van der Waals surface area contributed by atoms with Crippen molar-refractivity contribution >= 4 is 17.5 Å². The van der Waals surface area contributed by atoms with Gasteiger partial charge in [-0.15, -0.1) is 11.8 Å². The first-order valence-corrected chi connectivity index (χ1v) is 8.00. The van der Waals surface area contributed by atoms with Crippen LogP contribution in [0.25, 0.3) is 0 Å². The molecule has 0 N–H and O–H groups in total. The van der Waals surface area contributed by atoms with Gasteiger partial charge in [-0.25, -0.2) is 4.39 Å². The maximum absolute atomic E-state index is 13.2. The van der Waals surface area contributed by atoms with E-state index in [2.05, 4.69) is 0 Å². The Morgan fingerprint density at radius 1 is 1.23 bits per heavy atom. The minimum atomic E-state index is -0.852. The Balaban J connectivity index is 2.07. The van der Waals surface area contributed by atoms with E-state index in [-0.39, 0.29) is 18.2 Å². The number of fused-ring (bicyclic) bond motifs is 1. The number of thioether (sulfide) groups is 1. The number of hydrogen-bond acceptors (Lipinski definition) is 4. The highest BCUT2D eigenvalue weighted by Gasteiger charge is 2.45. The van der Waals surface area contributed by atoms with Crippen LogP contribution in [-0.4, -0.2) is 25.8 Å². The number of ketones is 1. The number of rotatable bonds is 3. The van der Waals surface area contributed by atoms with Crippen molar-refractivity contribution in [3.05, 3.63) is 59.4 Å². The van der Waals surface area contributed by atoms with Crippen LogP contribution < -0.4 is 9.47 Å². The highest BCUT2D eigenvalue weighted by Crippen LogP contribution is 2.44. The molecule has 1 unspecified atom stereocenters. The molecule has 0 radical (unpaired) electrons. The van der Waals surface area contributed by atoms with Crippen LogP contribution in [-0.2, 0) is 4.75 Å². The van der Waals surface area contributed by atoms with Gasteiger partial charge in [-0.05, 0) is 36.1 Å². The molecule has 0 saturated heterocycles. The van der Waals surface area contributed by atoms with E-state index in [4.69, 9.17) is 9.47 Å². The second-order valence-corrected chi connectivity index (χ2v) is 6.12. The number of methoxy groups -OCH3 is 1. The normalized spacial score (nSPS) is 20.2. The lowest BCUT2D eigenvalue weighted by molar-refractivity contribution is 0.0867. The zero-order chi connectivity index (χ0) is 15.7. The fourth-order valence-electron chi connectivity index (χ4n) is 2.60. The molecule has 0 fully saturated rings. The van der Waals surface area contributed by atoms with Gasteiger partial charge < -0.3 is 9.47 Å². The summed E-state index contributed by atoms with van der Waals surface area (Å²) in [5.41, 5.74) is 1.26. The van der Waals surface area contributed by atoms with E-state index in [1.807, 2.05) is 6.26 Å². The van der Waals surface area contributed by atoms with Crippen LogP contribution in [0, 0.1) is 5.82 Å². The first-order chi connectivity index (χ1) is 10.6. The average molecular weight is 318 g/mol. The van der Waals surface area contributed by atoms with Gasteiger partial charge in [-0.2, -0.15) is 0 Å². The van der Waals surface area contributed by atoms with Gasteiger partial charge in [0.15, 0.2) is 5.78 Å². The number of hydrogen-bond donors (Lipinski definition) is 0. The van der Waals surface area contributed by atoms with Gasteiger partial charge in [0.25, 0.3) is 0 Å². The number of benzene rings is 2. The topological polar surface area (TPSA) is 35.5 Å². The van der Waals surface area contributed by atoms with Gasteiger partial charge >= 0.3 is 0 Å². The maximum Gasteiger partial charge on any atom is 0.190 e. The number of carbonyl (C=O) groups excluding carboxylic acids is 1. The van der Waals surface area contributed by atoms with Crippen LogP contribution in [0.4, 0.5) is 4.39 Å². The van der Waals surface area contributed by atoms with Gasteiger partial charge in [0.05, 0.1) is 12.7 Å². The zero-order valence-corrected chi connectivity index (χ0v) is 13.1. The third-order valence-corrected chi connectivity index (χ3v) is 5.13. The molecular formula is C17H15FO3S. The number of carbonyl (C=O) groups is 1. The van der Waals surface area contributed by atoms with Crippen molar-refractivity contribution in [2.24, 2.45) is 0 Å². The molecule has 1 atom stereocenters. The quantitative estimate of drug-likeness (QED) is 0.865. The standard InChI is InChI=1S/C17H15FO3S/c1-20-13-7-8-14-15(9-13)21-10-17(22-2,16(14)19)11-3-5-12(18)6-4-11/h3-9H,10H2,1-2H3. The molecule has 0 aromatic heterocycles. The van der Waals surface area contributed by atoms with E-state index in [0.29, 0.717) is 17.1 Å². The first-order valence-electron chi connectivity index (χ1n) is 6.77. The smallest absolute Gasteiger partial charge is 0.190 e. The number of halogens is 1. The molecule has 2 aromatic carbocycles. The Morgan fingerprint density at radius 3 is 2.59 bits per heavy atom. The molecule has 114 valence electrons. The highest BCUT2D eigenvalue weighted by molar-refractivity contribution is 8.00. The third kappa shape index (κ3) is 2.25. The Morgan fingerprint density at radius 2 is 1.95 bits per heavy atom. The van der Waals surface area contributed by atoms with E-state index >= 15 is 0 Å². The molecule has 2 aromatic rings. The van der Waals surface area contributed by atoms with Crippen LogP contribution in [0.2, 0.25) is 0 Å². The van der Waals surface area contributed by atoms with E-state index < -0.39 is 4.75 Å². The van der Waals surface area contributed by atoms with E-state index in [1.165, 1.54) is 23.9 Å². The number of Topliss-reactive ketones (excluding diaryl/α,β-unsaturated/α-hetero) is 1. The van der Waals surface area contributed by atoms with Crippen molar-refractivity contribution in [1.82, 2.24) is 0 Å². The molecule has 0 amide bonds. The van der Waals surface area contributed by atoms with Gasteiger partial charge in [0.1, 0.15) is 28.7 Å². The van der Waals surface area contributed by atoms with Crippen molar-refractivity contribution in [2.45, 2.75) is 4.75 Å². The molecule has 3 rings (SSSR count). The van der Waals surface area contributed by atoms with E-state index in [0.717, 1.165) is 5.56 Å². The maximum atomic E-state index is 13.2. The van der Waals surface area contributed by atoms with Gasteiger partial charge in [0.2, 0.25) is 0 Å². The van der Waals surface area contributed by atoms with Gasteiger partial charge in [-0.1, -0.05) is 12.1 Å². The van der Waals surface area contributed by atoms with Crippen molar-refractivity contribution in [2.75, 3.05) is 20.0 Å². The molecule has 3 nitrogen and oxygen atoms in total. The molecule has 0 spiro atoms. The second-order valence-electron chi connectivity index (χ2n) is 5.02. The number of ether oxygens (including phenoxy) is 2. The van der Waals surface area contributed by atoms with Crippen LogP contribution in [0.5, 0.6) is 11.5 Å². The van der Waals surface area contributed by atoms with E-state index in [9.17, 15) is 9.18 Å². The average Bonchev–Trinajstić information content (AvgIpc) is 2.56. The molecule has 0 saturated carbocycles. The molecule has 0 bridgehead atoms. The van der Waals surface area contributed by atoms with Crippen molar-refractivity contribution < 1.29 is 18.7 Å². The summed E-state index contributed by atoms with van der Waals surface area (Å²) < 4.78 is 23.3. The predicted octanol–water partition coefficient (Wildman–Crippen LogP) is 3.67. The lowest BCUT2D eigenvalue weighted by atomic mass is 9.88. The summed E-state index contributed by atoms with van der Waals surface area (Å²) in [5, 5.41) is 0. The summed E-state index contributed by atoms with van der Waals surface area (Å²) in [6, 6.07) is 11.2. The zero-order valence-electron chi connectivity index (χ0n) is 12.3. The summed E-state index contributed by atoms with van der Waals surface area (Å²) in [7, 11) is 1.57. The lowest BCUT2D eigenvalue weighted by Gasteiger charge is -2.35. The Kier molecular flexibility index (Phi) is 3.83. The van der Waals surface area contributed by atoms with Crippen LogP contribution in [0.3, 0.4) is 0 Å². The summed E-state index contributed by atoms with van der Waals surface area (Å²) in [6.45, 7) is 0.207. The van der Waals surface area contributed by atoms with Gasteiger partial charge in [0, 0.05) is 6.07 Å². The minimum absolute atomic E-state index is 0.0319. The third-order valence-electron chi connectivity index (χ3n) is 3.89. The Hall–Kier alpha value is -2.01. The van der Waals surface area contributed by atoms with Crippen molar-refractivity contribution in [1.29, 1.82) is 0 Å². The Bertz CT molecular complexity index is 714. The summed E-state index contributed by atoms with van der Waals surface area (Å²) >= 11 is 1.41. The van der Waals surface area contributed by atoms with Crippen molar-refractivity contribution in [3.63, 3.8) is 0 Å². The van der Waals surface area contributed by atoms with Crippen LogP contribution in [0.15, 0.2) is 42.5 Å². The first kappa shape index (κ1) is 14.9. The van der Waals surface area contributed by atoms with Crippen LogP contribution >= 0.6 is 11.8 Å². The molecular weight excluding hydrogens is 303 g/mol. The fraction of sp³-hybridized carbons (Fsp3) is 0.235. The second kappa shape index (κ2) is 5.65. The molecule has 1 aliphatic heterocycles. The molecule has 0 aliphatic carbocycles. The summed E-state index contributed by atoms with van der Waals surface area (Å²) in [5.74, 6) is 0.811.